The third-order valence-electron chi connectivity index (χ3n) is 2.91. The van der Waals surface area contributed by atoms with E-state index in [1.54, 1.807) is 8.61 Å². The van der Waals surface area contributed by atoms with Crippen molar-refractivity contribution in [2.24, 2.45) is 0 Å². The maximum absolute atomic E-state index is 12.3. The molecule has 0 aromatic carbocycles. The fourth-order valence-corrected chi connectivity index (χ4v) is 4.65. The summed E-state index contributed by atoms with van der Waals surface area (Å²) >= 11 is 1.85. The van der Waals surface area contributed by atoms with Crippen LogP contribution in [0.25, 0.3) is 0 Å². The topological polar surface area (TPSA) is 52.7 Å². The fraction of sp³-hybridized carbons (Fsp3) is 1.00. The summed E-state index contributed by atoms with van der Waals surface area (Å²) in [7, 11) is -3.20. The number of rotatable bonds is 2. The summed E-state index contributed by atoms with van der Waals surface area (Å²) in [6.07, 6.45) is 0.968. The minimum absolute atomic E-state index is 0.603. The molecule has 2 aliphatic heterocycles. The highest BCUT2D eigenvalue weighted by molar-refractivity contribution is 7.99. The second kappa shape index (κ2) is 5.68. The third-order valence-corrected chi connectivity index (χ3v) is 5.99. The number of hydrogen-bond acceptors (Lipinski definition) is 4. The Morgan fingerprint density at radius 1 is 0.938 bits per heavy atom. The zero-order valence-electron chi connectivity index (χ0n) is 9.39. The van der Waals surface area contributed by atoms with E-state index >= 15 is 0 Å². The van der Waals surface area contributed by atoms with Gasteiger partial charge in [-0.05, 0) is 12.2 Å². The smallest absolute Gasteiger partial charge is 0.282 e. The van der Waals surface area contributed by atoms with Crippen LogP contribution in [0.4, 0.5) is 0 Å². The zero-order chi connectivity index (χ0) is 11.4. The lowest BCUT2D eigenvalue weighted by molar-refractivity contribution is 0.317. The Morgan fingerprint density at radius 3 is 2.38 bits per heavy atom. The highest BCUT2D eigenvalue weighted by Crippen LogP contribution is 2.16. The van der Waals surface area contributed by atoms with E-state index in [0.29, 0.717) is 26.2 Å². The van der Waals surface area contributed by atoms with Gasteiger partial charge >= 0.3 is 0 Å². The molecular formula is C9H19N3O2S2. The quantitative estimate of drug-likeness (QED) is 0.736. The van der Waals surface area contributed by atoms with E-state index in [1.807, 2.05) is 11.8 Å². The second-order valence-corrected chi connectivity index (χ2v) is 7.18. The van der Waals surface area contributed by atoms with Crippen molar-refractivity contribution in [2.45, 2.75) is 6.42 Å². The van der Waals surface area contributed by atoms with Crippen molar-refractivity contribution >= 4 is 22.0 Å². The molecule has 5 nitrogen and oxygen atoms in total. The molecular weight excluding hydrogens is 246 g/mol. The molecule has 0 saturated carbocycles. The summed E-state index contributed by atoms with van der Waals surface area (Å²) in [5.41, 5.74) is 0. The van der Waals surface area contributed by atoms with Gasteiger partial charge in [-0.3, -0.25) is 0 Å². The predicted molar refractivity (Wildman–Crippen MR) is 66.9 cm³/mol. The molecule has 2 heterocycles. The standard InChI is InChI=1S/C9H19N3O2S2/c13-16(14,12-5-2-10-3-6-12)11-4-1-8-15-9-7-11/h10H,1-9H2. The summed E-state index contributed by atoms with van der Waals surface area (Å²) in [6.45, 7) is 4.08. The molecule has 0 amide bonds. The molecule has 7 heteroatoms. The average Bonchev–Trinajstić information content (AvgIpc) is 2.59. The second-order valence-electron chi connectivity index (χ2n) is 4.02. The molecule has 0 spiro atoms. The molecule has 16 heavy (non-hydrogen) atoms. The molecule has 0 atom stereocenters. The van der Waals surface area contributed by atoms with Crippen LogP contribution in [0.3, 0.4) is 0 Å². The zero-order valence-corrected chi connectivity index (χ0v) is 11.0. The van der Waals surface area contributed by atoms with Gasteiger partial charge in [-0.15, -0.1) is 0 Å². The van der Waals surface area contributed by atoms with Gasteiger partial charge in [0.1, 0.15) is 0 Å². The summed E-state index contributed by atoms with van der Waals surface area (Å²) in [5.74, 6) is 2.00. The molecule has 0 aromatic heterocycles. The van der Waals surface area contributed by atoms with Crippen LogP contribution in [0.1, 0.15) is 6.42 Å². The maximum atomic E-state index is 12.3. The molecule has 0 radical (unpaired) electrons. The van der Waals surface area contributed by atoms with E-state index in [4.69, 9.17) is 0 Å². The predicted octanol–water partition coefficient (Wildman–Crippen LogP) is -0.425. The lowest BCUT2D eigenvalue weighted by Crippen LogP contribution is -2.52. The van der Waals surface area contributed by atoms with Crippen molar-refractivity contribution in [3.8, 4) is 0 Å². The van der Waals surface area contributed by atoms with Crippen LogP contribution in [-0.4, -0.2) is 67.8 Å². The normalized spacial score (nSPS) is 26.5. The van der Waals surface area contributed by atoms with Gasteiger partial charge in [0.2, 0.25) is 0 Å². The molecule has 94 valence electrons. The van der Waals surface area contributed by atoms with Crippen LogP contribution < -0.4 is 5.32 Å². The van der Waals surface area contributed by atoms with Crippen LogP contribution in [0.15, 0.2) is 0 Å². The van der Waals surface area contributed by atoms with Gasteiger partial charge < -0.3 is 5.32 Å². The first kappa shape index (κ1) is 12.6. The molecule has 0 bridgehead atoms. The first-order valence-electron chi connectivity index (χ1n) is 5.75. The molecule has 2 saturated heterocycles. The third kappa shape index (κ3) is 2.89. The Labute approximate surface area is 102 Å². The van der Waals surface area contributed by atoms with E-state index in [1.165, 1.54) is 0 Å². The van der Waals surface area contributed by atoms with Gasteiger partial charge in [-0.1, -0.05) is 0 Å². The lowest BCUT2D eigenvalue weighted by atomic mass is 10.4. The minimum Gasteiger partial charge on any atom is -0.314 e. The lowest BCUT2D eigenvalue weighted by Gasteiger charge is -2.31. The molecule has 2 aliphatic rings. The van der Waals surface area contributed by atoms with Crippen LogP contribution in [0, 0.1) is 0 Å². The average molecular weight is 265 g/mol. The van der Waals surface area contributed by atoms with Crippen molar-refractivity contribution < 1.29 is 8.42 Å². The van der Waals surface area contributed by atoms with E-state index < -0.39 is 10.2 Å². The van der Waals surface area contributed by atoms with Crippen LogP contribution >= 0.6 is 11.8 Å². The molecule has 2 rings (SSSR count). The largest absolute Gasteiger partial charge is 0.314 e. The Bertz CT molecular complexity index is 307. The Balaban J connectivity index is 2.03. The van der Waals surface area contributed by atoms with Crippen LogP contribution in [0.5, 0.6) is 0 Å². The monoisotopic (exact) mass is 265 g/mol. The summed E-state index contributed by atoms with van der Waals surface area (Å²) in [4.78, 5) is 0. The Hall–Kier alpha value is 0.180. The number of nitrogens with zero attached hydrogens (tertiary/aromatic N) is 2. The first-order chi connectivity index (χ1) is 7.71. The van der Waals surface area contributed by atoms with Crippen molar-refractivity contribution in [2.75, 3.05) is 50.8 Å². The highest BCUT2D eigenvalue weighted by Gasteiger charge is 2.30. The molecule has 0 aliphatic carbocycles. The summed E-state index contributed by atoms with van der Waals surface area (Å²) < 4.78 is 27.9. The molecule has 1 N–H and O–H groups in total. The number of piperazine rings is 1. The van der Waals surface area contributed by atoms with Gasteiger partial charge in [-0.2, -0.15) is 28.8 Å². The minimum atomic E-state index is -3.20. The van der Waals surface area contributed by atoms with Crippen LogP contribution in [-0.2, 0) is 10.2 Å². The van der Waals surface area contributed by atoms with E-state index in [9.17, 15) is 8.42 Å². The number of thioether (sulfide) groups is 1. The molecule has 0 unspecified atom stereocenters. The van der Waals surface area contributed by atoms with E-state index in [0.717, 1.165) is 31.0 Å². The summed E-state index contributed by atoms with van der Waals surface area (Å²) in [6, 6.07) is 0. The number of nitrogens with one attached hydrogen (secondary N) is 1. The van der Waals surface area contributed by atoms with Gasteiger partial charge in [0, 0.05) is 45.0 Å². The van der Waals surface area contributed by atoms with Gasteiger partial charge in [0.15, 0.2) is 0 Å². The van der Waals surface area contributed by atoms with Gasteiger partial charge in [0.05, 0.1) is 0 Å². The number of hydrogen-bond donors (Lipinski definition) is 1. The first-order valence-corrected chi connectivity index (χ1v) is 8.30. The fourth-order valence-electron chi connectivity index (χ4n) is 1.99. The van der Waals surface area contributed by atoms with E-state index in [-0.39, 0.29) is 0 Å². The van der Waals surface area contributed by atoms with Crippen molar-refractivity contribution in [3.63, 3.8) is 0 Å². The van der Waals surface area contributed by atoms with Gasteiger partial charge in [-0.25, -0.2) is 0 Å². The van der Waals surface area contributed by atoms with Crippen molar-refractivity contribution in [3.05, 3.63) is 0 Å². The Kier molecular flexibility index (Phi) is 4.48. The molecule has 2 fully saturated rings. The maximum Gasteiger partial charge on any atom is 0.282 e. The highest BCUT2D eigenvalue weighted by atomic mass is 32.2. The van der Waals surface area contributed by atoms with E-state index in [2.05, 4.69) is 5.32 Å². The van der Waals surface area contributed by atoms with Crippen molar-refractivity contribution in [1.82, 2.24) is 13.9 Å². The SMILES string of the molecule is O=S(=O)(N1CCNCC1)N1CCCSCC1. The van der Waals surface area contributed by atoms with Crippen LogP contribution in [0.2, 0.25) is 0 Å². The summed E-state index contributed by atoms with van der Waals surface area (Å²) in [5, 5.41) is 3.17. The molecule has 0 aromatic rings. The van der Waals surface area contributed by atoms with Crippen molar-refractivity contribution in [1.29, 1.82) is 0 Å². The Morgan fingerprint density at radius 2 is 1.62 bits per heavy atom. The van der Waals surface area contributed by atoms with Gasteiger partial charge in [0.25, 0.3) is 10.2 Å².